The molecule has 7 aromatic carbocycles. The van der Waals surface area contributed by atoms with Crippen LogP contribution in [0.15, 0.2) is 164 Å². The van der Waals surface area contributed by atoms with Gasteiger partial charge in [0, 0.05) is 42.5 Å². The molecule has 47 heavy (non-hydrogen) atoms. The number of hydrogen-bond acceptors (Lipinski definition) is 2. The van der Waals surface area contributed by atoms with Crippen molar-refractivity contribution >= 4 is 48.6 Å². The van der Waals surface area contributed by atoms with E-state index >= 15 is 0 Å². The Hall–Kier alpha value is -5.44. The summed E-state index contributed by atoms with van der Waals surface area (Å²) >= 11 is 1.87. The Balaban J connectivity index is 1.23. The number of hydrogen-bond donors (Lipinski definition) is 0. The van der Waals surface area contributed by atoms with Gasteiger partial charge in [0.1, 0.15) is 0 Å². The molecule has 0 fully saturated rings. The molecule has 1 aliphatic rings. The highest BCUT2D eigenvalue weighted by atomic mass is 32.1. The van der Waals surface area contributed by atoms with Crippen LogP contribution in [0.2, 0.25) is 0 Å². The Labute approximate surface area is 280 Å². The lowest BCUT2D eigenvalue weighted by molar-refractivity contribution is 0.660. The fraction of sp³-hybridized carbons (Fsp3) is 0.0667. The van der Waals surface area contributed by atoms with Gasteiger partial charge in [-0.1, -0.05) is 129 Å². The predicted octanol–water partition coefficient (Wildman–Crippen LogP) is 13.2. The smallest absolute Gasteiger partial charge is 0.0540 e. The number of para-hydroxylation sites is 2. The highest BCUT2D eigenvalue weighted by Gasteiger charge is 2.36. The molecule has 9 rings (SSSR count). The van der Waals surface area contributed by atoms with Crippen LogP contribution >= 0.6 is 11.3 Å². The van der Waals surface area contributed by atoms with Crippen LogP contribution in [0.3, 0.4) is 0 Å². The highest BCUT2D eigenvalue weighted by molar-refractivity contribution is 7.25. The van der Waals surface area contributed by atoms with Gasteiger partial charge in [0.15, 0.2) is 0 Å². The Bertz CT molecular complexity index is 2440. The molecule has 0 N–H and O–H groups in total. The van der Waals surface area contributed by atoms with Gasteiger partial charge in [0.05, 0.1) is 5.69 Å². The van der Waals surface area contributed by atoms with E-state index in [9.17, 15) is 0 Å². The van der Waals surface area contributed by atoms with Gasteiger partial charge in [-0.05, 0) is 87.5 Å². The first-order valence-corrected chi connectivity index (χ1v) is 17.1. The van der Waals surface area contributed by atoms with Gasteiger partial charge >= 0.3 is 0 Å². The third-order valence-electron chi connectivity index (χ3n) is 9.88. The zero-order chi connectivity index (χ0) is 31.5. The quantitative estimate of drug-likeness (QED) is 0.185. The average Bonchev–Trinajstić information content (AvgIpc) is 3.61. The largest absolute Gasteiger partial charge is 0.310 e. The van der Waals surface area contributed by atoms with Crippen LogP contribution in [0.1, 0.15) is 25.0 Å². The molecule has 0 unspecified atom stereocenters. The molecule has 0 amide bonds. The van der Waals surface area contributed by atoms with Crippen LogP contribution < -0.4 is 4.90 Å². The minimum Gasteiger partial charge on any atom is -0.310 e. The summed E-state index contributed by atoms with van der Waals surface area (Å²) in [5.41, 5.74) is 13.7. The first kappa shape index (κ1) is 27.8. The lowest BCUT2D eigenvalue weighted by Crippen LogP contribution is -2.17. The van der Waals surface area contributed by atoms with Gasteiger partial charge in [-0.2, -0.15) is 0 Å². The Morgan fingerprint density at radius 1 is 0.447 bits per heavy atom. The summed E-state index contributed by atoms with van der Waals surface area (Å²) in [5, 5.41) is 2.64. The molecular formula is C45H33NS. The summed E-state index contributed by atoms with van der Waals surface area (Å²) in [5.74, 6) is 0. The lowest BCUT2D eigenvalue weighted by Gasteiger charge is -2.30. The van der Waals surface area contributed by atoms with Gasteiger partial charge in [0.2, 0.25) is 0 Å². The maximum Gasteiger partial charge on any atom is 0.0540 e. The molecular weight excluding hydrogens is 587 g/mol. The van der Waals surface area contributed by atoms with E-state index in [4.69, 9.17) is 0 Å². The zero-order valence-electron chi connectivity index (χ0n) is 26.4. The summed E-state index contributed by atoms with van der Waals surface area (Å²) in [4.78, 5) is 2.44. The van der Waals surface area contributed by atoms with Crippen molar-refractivity contribution in [3.05, 3.63) is 175 Å². The molecule has 224 valence electrons. The molecule has 0 radical (unpaired) electrons. The van der Waals surface area contributed by atoms with Crippen LogP contribution in [0.5, 0.6) is 0 Å². The second kappa shape index (κ2) is 10.8. The lowest BCUT2D eigenvalue weighted by atomic mass is 9.81. The molecule has 0 aliphatic heterocycles. The van der Waals surface area contributed by atoms with Crippen molar-refractivity contribution in [3.63, 3.8) is 0 Å². The summed E-state index contributed by atoms with van der Waals surface area (Å²) in [7, 11) is 0. The Morgan fingerprint density at radius 2 is 1.09 bits per heavy atom. The Morgan fingerprint density at radius 3 is 1.91 bits per heavy atom. The monoisotopic (exact) mass is 619 g/mol. The average molecular weight is 620 g/mol. The van der Waals surface area contributed by atoms with Crippen molar-refractivity contribution < 1.29 is 0 Å². The van der Waals surface area contributed by atoms with Crippen LogP contribution in [0.4, 0.5) is 17.1 Å². The third kappa shape index (κ3) is 4.44. The zero-order valence-corrected chi connectivity index (χ0v) is 27.3. The van der Waals surface area contributed by atoms with Gasteiger partial charge in [-0.25, -0.2) is 0 Å². The number of anilines is 3. The molecule has 2 heteroatoms. The molecule has 1 nitrogen and oxygen atoms in total. The van der Waals surface area contributed by atoms with Crippen molar-refractivity contribution in [2.24, 2.45) is 0 Å². The third-order valence-corrected chi connectivity index (χ3v) is 11.0. The van der Waals surface area contributed by atoms with E-state index in [2.05, 4.69) is 183 Å². The summed E-state index contributed by atoms with van der Waals surface area (Å²) < 4.78 is 2.64. The van der Waals surface area contributed by atoms with E-state index in [1.54, 1.807) is 0 Å². The first-order chi connectivity index (χ1) is 23.1. The van der Waals surface area contributed by atoms with Crippen molar-refractivity contribution in [1.82, 2.24) is 0 Å². The predicted molar refractivity (Wildman–Crippen MR) is 202 cm³/mol. The SMILES string of the molecule is CC1(C)c2cc(-c3ccccc3)ccc2-c2ccc(N(c3ccccc3)c3ccccc3-c3cccc4sc5ccccc5c34)cc21. The van der Waals surface area contributed by atoms with E-state index in [0.29, 0.717) is 0 Å². The van der Waals surface area contributed by atoms with Crippen LogP contribution in [-0.2, 0) is 5.41 Å². The molecule has 1 heterocycles. The summed E-state index contributed by atoms with van der Waals surface area (Å²) in [6.07, 6.45) is 0. The van der Waals surface area contributed by atoms with Gasteiger partial charge in [-0.15, -0.1) is 11.3 Å². The molecule has 0 saturated heterocycles. The van der Waals surface area contributed by atoms with Gasteiger partial charge in [0.25, 0.3) is 0 Å². The van der Waals surface area contributed by atoms with Crippen LogP contribution in [0, 0.1) is 0 Å². The second-order valence-electron chi connectivity index (χ2n) is 12.9. The fourth-order valence-corrected chi connectivity index (χ4v) is 8.71. The molecule has 0 spiro atoms. The molecule has 1 aromatic heterocycles. The normalized spacial score (nSPS) is 13.1. The first-order valence-electron chi connectivity index (χ1n) is 16.3. The van der Waals surface area contributed by atoms with Crippen molar-refractivity contribution in [1.29, 1.82) is 0 Å². The standard InChI is InChI=1S/C45H33NS/c1-45(2)39-28-31(30-14-5-3-6-15-30)24-26-34(39)35-27-25-33(29-40(35)45)46(32-16-7-4-8-17-32)41-21-11-9-18-36(41)37-20-13-23-43-44(37)38-19-10-12-22-42(38)47-43/h3-29H,1-2H3. The Kier molecular flexibility index (Phi) is 6.41. The van der Waals surface area contributed by atoms with Gasteiger partial charge < -0.3 is 4.90 Å². The minimum atomic E-state index is -0.144. The molecule has 8 aromatic rings. The van der Waals surface area contributed by atoms with Gasteiger partial charge in [-0.3, -0.25) is 0 Å². The van der Waals surface area contributed by atoms with E-state index < -0.39 is 0 Å². The van der Waals surface area contributed by atoms with E-state index in [0.717, 1.165) is 11.4 Å². The van der Waals surface area contributed by atoms with Crippen LogP contribution in [-0.4, -0.2) is 0 Å². The number of benzene rings is 7. The molecule has 0 atom stereocenters. The van der Waals surface area contributed by atoms with E-state index in [1.807, 2.05) is 11.3 Å². The summed E-state index contributed by atoms with van der Waals surface area (Å²) in [6.45, 7) is 4.75. The number of fused-ring (bicyclic) bond motifs is 6. The van der Waals surface area contributed by atoms with E-state index in [1.165, 1.54) is 70.4 Å². The van der Waals surface area contributed by atoms with Crippen molar-refractivity contribution in [3.8, 4) is 33.4 Å². The minimum absolute atomic E-state index is 0.144. The maximum absolute atomic E-state index is 2.44. The van der Waals surface area contributed by atoms with Crippen LogP contribution in [0.25, 0.3) is 53.6 Å². The molecule has 0 saturated carbocycles. The fourth-order valence-electron chi connectivity index (χ4n) is 7.57. The molecule has 0 bridgehead atoms. The summed E-state index contributed by atoms with van der Waals surface area (Å²) in [6, 6.07) is 60.0. The topological polar surface area (TPSA) is 3.24 Å². The number of rotatable bonds is 5. The van der Waals surface area contributed by atoms with Crippen molar-refractivity contribution in [2.75, 3.05) is 4.90 Å². The number of nitrogens with zero attached hydrogens (tertiary/aromatic N) is 1. The maximum atomic E-state index is 2.44. The highest BCUT2D eigenvalue weighted by Crippen LogP contribution is 2.52. The number of thiophene rings is 1. The van der Waals surface area contributed by atoms with Crippen molar-refractivity contribution in [2.45, 2.75) is 19.3 Å². The second-order valence-corrected chi connectivity index (χ2v) is 14.0. The van der Waals surface area contributed by atoms with E-state index in [-0.39, 0.29) is 5.41 Å². The molecule has 1 aliphatic carbocycles.